The van der Waals surface area contributed by atoms with Gasteiger partial charge in [-0.3, -0.25) is 4.79 Å². The standard InChI is InChI=1S/C31H37NO4.HI/c1-4-6-19-35-30-15-14-26(34)31(21-22-10-8-7-9-11-22)29(30)16-18-32(3,17-5-2)25(30)20-23-12-13-24(33)28(36-31)27(23)29;/h5,7-13,25H,2,4,6,14-21H2,1,3H3;1H/t25?,29-,30-,31?,32+;/m1./s1. The number of likely N-dealkylation sites (tertiary alicyclic amines) is 1. The number of phenols is 1. The first kappa shape index (κ1) is 26.7. The molecule has 1 saturated carbocycles. The Hall–Kier alpha value is -1.90. The zero-order chi connectivity index (χ0) is 25.2. The molecule has 1 saturated heterocycles. The molecule has 5 nitrogen and oxygen atoms in total. The van der Waals surface area contributed by atoms with Gasteiger partial charge in [-0.2, -0.15) is 0 Å². The highest BCUT2D eigenvalue weighted by atomic mass is 127. The summed E-state index contributed by atoms with van der Waals surface area (Å²) in [6, 6.07) is 14.2. The van der Waals surface area contributed by atoms with Crippen molar-refractivity contribution < 1.29 is 47.8 Å². The summed E-state index contributed by atoms with van der Waals surface area (Å²) in [6.07, 6.45) is 7.30. The summed E-state index contributed by atoms with van der Waals surface area (Å²) in [5, 5.41) is 11.1. The molecule has 2 aliphatic carbocycles. The van der Waals surface area contributed by atoms with Crippen molar-refractivity contribution in [1.29, 1.82) is 0 Å². The van der Waals surface area contributed by atoms with Crippen LogP contribution < -0.4 is 28.7 Å². The molecule has 0 radical (unpaired) electrons. The number of nitrogens with zero attached hydrogens (tertiary/aromatic N) is 1. The third-order valence-electron chi connectivity index (χ3n) is 9.91. The summed E-state index contributed by atoms with van der Waals surface area (Å²) in [5.74, 6) is 0.788. The average Bonchev–Trinajstić information content (AvgIpc) is 3.18. The minimum atomic E-state index is -1.09. The van der Waals surface area contributed by atoms with Crippen LogP contribution in [-0.4, -0.2) is 59.4 Å². The quantitative estimate of drug-likeness (QED) is 0.214. The lowest BCUT2D eigenvalue weighted by Crippen LogP contribution is -3.00. The molecule has 2 aliphatic heterocycles. The van der Waals surface area contributed by atoms with Crippen LogP contribution in [0.5, 0.6) is 11.5 Å². The van der Waals surface area contributed by atoms with E-state index in [0.29, 0.717) is 31.6 Å². The van der Waals surface area contributed by atoms with Crippen LogP contribution in [0.1, 0.15) is 55.7 Å². The predicted octanol–water partition coefficient (Wildman–Crippen LogP) is 1.89. The fourth-order valence-corrected chi connectivity index (χ4v) is 8.42. The number of ketones is 1. The van der Waals surface area contributed by atoms with Crippen LogP contribution >= 0.6 is 0 Å². The molecule has 0 aromatic heterocycles. The van der Waals surface area contributed by atoms with E-state index in [4.69, 9.17) is 9.47 Å². The lowest BCUT2D eigenvalue weighted by atomic mass is 9.43. The molecular weight excluding hydrogens is 577 g/mol. The van der Waals surface area contributed by atoms with Gasteiger partial charge in [0, 0.05) is 37.9 Å². The van der Waals surface area contributed by atoms with Crippen LogP contribution in [0, 0.1) is 0 Å². The Bertz CT molecular complexity index is 1220. The van der Waals surface area contributed by atoms with Crippen molar-refractivity contribution in [3.05, 3.63) is 71.8 Å². The van der Waals surface area contributed by atoms with Gasteiger partial charge < -0.3 is 43.0 Å². The van der Waals surface area contributed by atoms with Crippen LogP contribution in [0.25, 0.3) is 0 Å². The van der Waals surface area contributed by atoms with Gasteiger partial charge in [-0.25, -0.2) is 0 Å². The van der Waals surface area contributed by atoms with E-state index in [1.807, 2.05) is 24.3 Å². The van der Waals surface area contributed by atoms with Gasteiger partial charge in [0.1, 0.15) is 11.6 Å². The number of unbranched alkanes of at least 4 members (excludes halogenated alkanes) is 1. The zero-order valence-corrected chi connectivity index (χ0v) is 24.1. The fourth-order valence-electron chi connectivity index (χ4n) is 8.42. The van der Waals surface area contributed by atoms with E-state index in [1.165, 1.54) is 5.56 Å². The maximum Gasteiger partial charge on any atom is 0.184 e. The number of halogens is 1. The number of carbonyl (C=O) groups is 1. The number of rotatable bonds is 8. The number of carbonyl (C=O) groups excluding carboxylic acids is 1. The molecule has 4 aliphatic rings. The van der Waals surface area contributed by atoms with Gasteiger partial charge >= 0.3 is 0 Å². The molecule has 2 aromatic rings. The van der Waals surface area contributed by atoms with E-state index in [0.717, 1.165) is 54.4 Å². The van der Waals surface area contributed by atoms with Crippen LogP contribution in [0.2, 0.25) is 0 Å². The maximum absolute atomic E-state index is 14.2. The summed E-state index contributed by atoms with van der Waals surface area (Å²) < 4.78 is 14.9. The maximum atomic E-state index is 14.2. The monoisotopic (exact) mass is 615 g/mol. The van der Waals surface area contributed by atoms with Crippen molar-refractivity contribution in [2.24, 2.45) is 0 Å². The van der Waals surface area contributed by atoms with Gasteiger partial charge in [-0.1, -0.05) is 56.3 Å². The van der Waals surface area contributed by atoms with Crippen molar-refractivity contribution in [1.82, 2.24) is 0 Å². The second-order valence-corrected chi connectivity index (χ2v) is 11.6. The first-order valence-corrected chi connectivity index (χ1v) is 13.6. The Balaban J connectivity index is 0.00000280. The minimum absolute atomic E-state index is 0. The van der Waals surface area contributed by atoms with Gasteiger partial charge in [-0.05, 0) is 36.1 Å². The van der Waals surface area contributed by atoms with Gasteiger partial charge in [0.05, 0.1) is 25.6 Å². The lowest BCUT2D eigenvalue weighted by Gasteiger charge is -2.68. The van der Waals surface area contributed by atoms with Gasteiger partial charge in [0.25, 0.3) is 0 Å². The van der Waals surface area contributed by atoms with E-state index >= 15 is 0 Å². The SMILES string of the molecule is C=CC[N@@+]1(C)CC[C@]23c4c5ccc(O)c4OC2(Cc2ccccc2)C(=O)CC[C@@]3(OCCCC)C1C5.[I-]. The normalized spacial score (nSPS) is 34.8. The van der Waals surface area contributed by atoms with Crippen molar-refractivity contribution >= 4 is 5.78 Å². The van der Waals surface area contributed by atoms with Crippen molar-refractivity contribution in [3.8, 4) is 11.5 Å². The molecule has 37 heavy (non-hydrogen) atoms. The number of ether oxygens (including phenoxy) is 2. The number of likely N-dealkylation sites (N-methyl/N-ethyl adjacent to an activating group) is 1. The largest absolute Gasteiger partial charge is 1.00 e. The second kappa shape index (κ2) is 9.38. The number of benzene rings is 2. The Kier molecular flexibility index (Phi) is 6.77. The summed E-state index contributed by atoms with van der Waals surface area (Å²) >= 11 is 0. The highest BCUT2D eigenvalue weighted by Crippen LogP contribution is 2.70. The summed E-state index contributed by atoms with van der Waals surface area (Å²) in [4.78, 5) is 14.2. The lowest BCUT2D eigenvalue weighted by molar-refractivity contribution is -0.944. The summed E-state index contributed by atoms with van der Waals surface area (Å²) in [7, 11) is 2.33. The molecule has 2 aromatic carbocycles. The molecule has 5 atom stereocenters. The Morgan fingerprint density at radius 1 is 1.22 bits per heavy atom. The minimum Gasteiger partial charge on any atom is -1.00 e. The third-order valence-corrected chi connectivity index (χ3v) is 9.91. The van der Waals surface area contributed by atoms with Gasteiger partial charge in [0.2, 0.25) is 0 Å². The number of quaternary nitrogens is 1. The fraction of sp³-hybridized carbons (Fsp3) is 0.516. The Morgan fingerprint density at radius 2 is 2.00 bits per heavy atom. The number of hydrogen-bond donors (Lipinski definition) is 1. The molecule has 6 rings (SSSR count). The van der Waals surface area contributed by atoms with Crippen LogP contribution in [0.15, 0.2) is 55.1 Å². The number of hydrogen-bond acceptors (Lipinski definition) is 4. The molecule has 0 amide bonds. The molecule has 2 heterocycles. The molecular formula is C31H38INO4. The van der Waals surface area contributed by atoms with E-state index in [2.05, 4.69) is 38.7 Å². The number of aromatic hydroxyl groups is 1. The topological polar surface area (TPSA) is 55.8 Å². The molecule has 1 spiro atoms. The first-order chi connectivity index (χ1) is 17.4. The van der Waals surface area contributed by atoms with Crippen molar-refractivity contribution in [2.45, 2.75) is 74.5 Å². The molecule has 1 N–H and O–H groups in total. The van der Waals surface area contributed by atoms with E-state index in [9.17, 15) is 9.90 Å². The first-order valence-electron chi connectivity index (χ1n) is 13.6. The van der Waals surface area contributed by atoms with Gasteiger partial charge in [-0.15, -0.1) is 0 Å². The van der Waals surface area contributed by atoms with Crippen molar-refractivity contribution in [3.63, 3.8) is 0 Å². The molecule has 2 unspecified atom stereocenters. The predicted molar refractivity (Wildman–Crippen MR) is 139 cm³/mol. The Labute approximate surface area is 237 Å². The highest BCUT2D eigenvalue weighted by Gasteiger charge is 2.82. The van der Waals surface area contributed by atoms with Crippen LogP contribution in [0.4, 0.5) is 0 Å². The number of phenolic OH excluding ortho intramolecular Hbond substituents is 1. The van der Waals surface area contributed by atoms with E-state index in [-0.39, 0.29) is 41.6 Å². The zero-order valence-electron chi connectivity index (χ0n) is 22.0. The van der Waals surface area contributed by atoms with Gasteiger partial charge in [0.15, 0.2) is 22.9 Å². The van der Waals surface area contributed by atoms with E-state index in [1.54, 1.807) is 6.07 Å². The number of Topliss-reactive ketones (excluding diaryl/α,β-unsaturated/α-hetero) is 1. The molecule has 6 heteroatoms. The highest BCUT2D eigenvalue weighted by molar-refractivity contribution is 5.94. The Morgan fingerprint density at radius 3 is 2.73 bits per heavy atom. The summed E-state index contributed by atoms with van der Waals surface area (Å²) in [5.41, 5.74) is 1.04. The second-order valence-electron chi connectivity index (χ2n) is 11.6. The third kappa shape index (κ3) is 3.37. The molecule has 2 fully saturated rings. The van der Waals surface area contributed by atoms with E-state index < -0.39 is 16.6 Å². The van der Waals surface area contributed by atoms with Crippen molar-refractivity contribution in [2.75, 3.05) is 26.7 Å². The smallest absolute Gasteiger partial charge is 0.184 e. The van der Waals surface area contributed by atoms with Crippen LogP contribution in [0.3, 0.4) is 0 Å². The summed E-state index contributed by atoms with van der Waals surface area (Å²) in [6.45, 7) is 8.73. The molecule has 2 bridgehead atoms. The molecule has 198 valence electrons. The average molecular weight is 616 g/mol. The number of piperidine rings is 1. The van der Waals surface area contributed by atoms with Crippen LogP contribution in [-0.2, 0) is 27.8 Å².